The number of benzene rings is 1. The number of carbonyl (C=O) groups is 1. The van der Waals surface area contributed by atoms with Crippen molar-refractivity contribution in [3.63, 3.8) is 0 Å². The van der Waals surface area contributed by atoms with E-state index >= 15 is 0 Å². The van der Waals surface area contributed by atoms with Gasteiger partial charge in [-0.3, -0.25) is 4.79 Å². The molecule has 0 spiro atoms. The summed E-state index contributed by atoms with van der Waals surface area (Å²) in [6, 6.07) is 6.44. The first kappa shape index (κ1) is 17.7. The van der Waals surface area contributed by atoms with E-state index < -0.39 is 10.0 Å². The molecule has 0 unspecified atom stereocenters. The van der Waals surface area contributed by atoms with Gasteiger partial charge in [-0.25, -0.2) is 8.42 Å². The molecule has 1 aliphatic carbocycles. The second kappa shape index (κ2) is 7.42. The summed E-state index contributed by atoms with van der Waals surface area (Å²) in [4.78, 5) is 12.7. The average molecular weight is 371 g/mol. The highest BCUT2D eigenvalue weighted by molar-refractivity contribution is 7.89. The monoisotopic (exact) mass is 370 g/mol. The average Bonchev–Trinajstić information content (AvgIpc) is 3.08. The first-order valence-electron chi connectivity index (χ1n) is 8.53. The number of halogens is 1. The van der Waals surface area contributed by atoms with E-state index in [2.05, 4.69) is 5.32 Å². The molecular weight excluding hydrogens is 348 g/mol. The van der Waals surface area contributed by atoms with Gasteiger partial charge >= 0.3 is 0 Å². The summed E-state index contributed by atoms with van der Waals surface area (Å²) >= 11 is 5.83. The Kier molecular flexibility index (Phi) is 5.47. The third-order valence-corrected chi connectivity index (χ3v) is 7.04. The van der Waals surface area contributed by atoms with Crippen LogP contribution >= 0.6 is 11.6 Å². The maximum absolute atomic E-state index is 12.8. The molecule has 1 aromatic carbocycles. The van der Waals surface area contributed by atoms with Crippen LogP contribution in [0.25, 0.3) is 0 Å². The van der Waals surface area contributed by atoms with Gasteiger partial charge in [0.05, 0.1) is 10.8 Å². The van der Waals surface area contributed by atoms with E-state index in [1.54, 1.807) is 12.1 Å². The first-order chi connectivity index (χ1) is 11.5. The van der Waals surface area contributed by atoms with Crippen molar-refractivity contribution < 1.29 is 13.2 Å². The van der Waals surface area contributed by atoms with Gasteiger partial charge in [0.25, 0.3) is 0 Å². The predicted octanol–water partition coefficient (Wildman–Crippen LogP) is 2.80. The van der Waals surface area contributed by atoms with Crippen molar-refractivity contribution in [3.05, 3.63) is 29.3 Å². The van der Waals surface area contributed by atoms with Crippen molar-refractivity contribution in [1.82, 2.24) is 9.62 Å². The fourth-order valence-corrected chi connectivity index (χ4v) is 5.17. The van der Waals surface area contributed by atoms with Crippen LogP contribution in [0.2, 0.25) is 5.02 Å². The van der Waals surface area contributed by atoms with Gasteiger partial charge in [0.1, 0.15) is 0 Å². The Labute approximate surface area is 148 Å². The standard InChI is InChI=1S/C17H23ClN2O3S/c18-14-7-9-16(10-8-14)24(22,23)20-11-3-4-13(12-20)17(21)19-15-5-1-2-6-15/h7-10,13,15H,1-6,11-12H2,(H,19,21)/t13-/m1/s1. The van der Waals surface area contributed by atoms with E-state index in [9.17, 15) is 13.2 Å². The lowest BCUT2D eigenvalue weighted by Gasteiger charge is -2.31. The van der Waals surface area contributed by atoms with Crippen molar-refractivity contribution in [2.75, 3.05) is 13.1 Å². The van der Waals surface area contributed by atoms with Crippen LogP contribution in [0.3, 0.4) is 0 Å². The van der Waals surface area contributed by atoms with E-state index in [1.807, 2.05) is 0 Å². The fourth-order valence-electron chi connectivity index (χ4n) is 3.52. The van der Waals surface area contributed by atoms with Crippen molar-refractivity contribution in [2.45, 2.75) is 49.5 Å². The molecule has 1 aromatic rings. The number of rotatable bonds is 4. The smallest absolute Gasteiger partial charge is 0.243 e. The molecule has 1 N–H and O–H groups in total. The maximum Gasteiger partial charge on any atom is 0.243 e. The molecule has 1 atom stereocenters. The Morgan fingerprint density at radius 1 is 1.08 bits per heavy atom. The first-order valence-corrected chi connectivity index (χ1v) is 10.3. The van der Waals surface area contributed by atoms with E-state index in [0.717, 1.165) is 32.1 Å². The molecular formula is C17H23ClN2O3S. The number of sulfonamides is 1. The Morgan fingerprint density at radius 2 is 1.75 bits per heavy atom. The fraction of sp³-hybridized carbons (Fsp3) is 0.588. The molecule has 1 saturated heterocycles. The number of nitrogens with zero attached hydrogens (tertiary/aromatic N) is 1. The van der Waals surface area contributed by atoms with E-state index in [0.29, 0.717) is 18.0 Å². The van der Waals surface area contributed by atoms with E-state index in [4.69, 9.17) is 11.6 Å². The summed E-state index contributed by atoms with van der Waals surface area (Å²) in [6.45, 7) is 0.710. The van der Waals surface area contributed by atoms with Crippen molar-refractivity contribution >= 4 is 27.5 Å². The number of piperidine rings is 1. The lowest BCUT2D eigenvalue weighted by atomic mass is 9.98. The second-order valence-corrected chi connectivity index (χ2v) is 9.02. The minimum atomic E-state index is -3.58. The third-order valence-electron chi connectivity index (χ3n) is 4.91. The highest BCUT2D eigenvalue weighted by atomic mass is 35.5. The van der Waals surface area contributed by atoms with Crippen LogP contribution in [-0.2, 0) is 14.8 Å². The Hall–Kier alpha value is -1.11. The summed E-state index contributed by atoms with van der Waals surface area (Å²) in [5.74, 6) is -0.265. The van der Waals surface area contributed by atoms with Crippen molar-refractivity contribution in [3.8, 4) is 0 Å². The van der Waals surface area contributed by atoms with Crippen LogP contribution in [0.4, 0.5) is 0 Å². The zero-order valence-corrected chi connectivity index (χ0v) is 15.2. The lowest BCUT2D eigenvalue weighted by Crippen LogP contribution is -2.47. The molecule has 2 aliphatic rings. The normalized spacial score (nSPS) is 23.3. The summed E-state index contributed by atoms with van der Waals surface area (Å²) in [6.07, 6.45) is 5.83. The zero-order valence-electron chi connectivity index (χ0n) is 13.6. The number of amides is 1. The van der Waals surface area contributed by atoms with Crippen LogP contribution in [-0.4, -0.2) is 37.8 Å². The SMILES string of the molecule is O=C(NC1CCCC1)[C@@H]1CCCN(S(=O)(=O)c2ccc(Cl)cc2)C1. The number of hydrogen-bond acceptors (Lipinski definition) is 3. The molecule has 1 aliphatic heterocycles. The van der Waals surface area contributed by atoms with Gasteiger partial charge < -0.3 is 5.32 Å². The quantitative estimate of drug-likeness (QED) is 0.886. The highest BCUT2D eigenvalue weighted by Gasteiger charge is 2.34. The summed E-state index contributed by atoms with van der Waals surface area (Å²) in [5, 5.41) is 3.59. The van der Waals surface area contributed by atoms with Gasteiger partial charge in [-0.15, -0.1) is 0 Å². The maximum atomic E-state index is 12.8. The Morgan fingerprint density at radius 3 is 2.42 bits per heavy atom. The van der Waals surface area contributed by atoms with E-state index in [1.165, 1.54) is 16.4 Å². The van der Waals surface area contributed by atoms with Gasteiger partial charge in [0, 0.05) is 24.2 Å². The summed E-state index contributed by atoms with van der Waals surface area (Å²) in [5.41, 5.74) is 0. The van der Waals surface area contributed by atoms with Crippen LogP contribution in [0.5, 0.6) is 0 Å². The number of hydrogen-bond donors (Lipinski definition) is 1. The molecule has 132 valence electrons. The van der Waals surface area contributed by atoms with Gasteiger partial charge in [-0.1, -0.05) is 24.4 Å². The lowest BCUT2D eigenvalue weighted by molar-refractivity contribution is -0.126. The van der Waals surface area contributed by atoms with Crippen LogP contribution in [0.15, 0.2) is 29.2 Å². The van der Waals surface area contributed by atoms with Crippen molar-refractivity contribution in [2.24, 2.45) is 5.92 Å². The summed E-state index contributed by atoms with van der Waals surface area (Å²) < 4.78 is 27.0. The van der Waals surface area contributed by atoms with E-state index in [-0.39, 0.29) is 29.3 Å². The van der Waals surface area contributed by atoms with Crippen LogP contribution < -0.4 is 5.32 Å². The molecule has 1 heterocycles. The molecule has 0 bridgehead atoms. The van der Waals surface area contributed by atoms with Gasteiger partial charge in [0.2, 0.25) is 15.9 Å². The Balaban J connectivity index is 1.68. The molecule has 2 fully saturated rings. The number of carbonyl (C=O) groups excluding carboxylic acids is 1. The largest absolute Gasteiger partial charge is 0.353 e. The third kappa shape index (κ3) is 3.92. The van der Waals surface area contributed by atoms with Crippen LogP contribution in [0, 0.1) is 5.92 Å². The molecule has 1 amide bonds. The van der Waals surface area contributed by atoms with Gasteiger partial charge in [0.15, 0.2) is 0 Å². The topological polar surface area (TPSA) is 66.5 Å². The molecule has 1 saturated carbocycles. The second-order valence-electron chi connectivity index (χ2n) is 6.65. The number of nitrogens with one attached hydrogen (secondary N) is 1. The van der Waals surface area contributed by atoms with Gasteiger partial charge in [-0.2, -0.15) is 4.31 Å². The minimum Gasteiger partial charge on any atom is -0.353 e. The molecule has 0 aromatic heterocycles. The van der Waals surface area contributed by atoms with Crippen molar-refractivity contribution in [1.29, 1.82) is 0 Å². The van der Waals surface area contributed by atoms with Crippen LogP contribution in [0.1, 0.15) is 38.5 Å². The molecule has 5 nitrogen and oxygen atoms in total. The molecule has 7 heteroatoms. The molecule has 0 radical (unpaired) electrons. The summed E-state index contributed by atoms with van der Waals surface area (Å²) in [7, 11) is -3.58. The van der Waals surface area contributed by atoms with Gasteiger partial charge in [-0.05, 0) is 49.9 Å². The Bertz CT molecular complexity index is 684. The minimum absolute atomic E-state index is 0.00194. The molecule has 24 heavy (non-hydrogen) atoms. The highest BCUT2D eigenvalue weighted by Crippen LogP contribution is 2.25. The molecule has 3 rings (SSSR count). The zero-order chi connectivity index (χ0) is 17.2. The predicted molar refractivity (Wildman–Crippen MR) is 93.3 cm³/mol.